The summed E-state index contributed by atoms with van der Waals surface area (Å²) < 4.78 is 5.50. The minimum Gasteiger partial charge on any atom is -0.381 e. The highest BCUT2D eigenvalue weighted by molar-refractivity contribution is 5.96. The molecule has 4 rings (SSSR count). The van der Waals surface area contributed by atoms with Crippen LogP contribution in [-0.4, -0.2) is 37.2 Å². The number of amides is 1. The molecule has 1 aliphatic rings. The molecule has 1 N–H and O–H groups in total. The number of piperidine rings is 1. The number of aromatic nitrogens is 1. The molecule has 1 amide bonds. The second kappa shape index (κ2) is 10.2. The summed E-state index contributed by atoms with van der Waals surface area (Å²) in [5, 5.41) is 3.08. The summed E-state index contributed by atoms with van der Waals surface area (Å²) in [5.41, 5.74) is 7.42. The molecule has 1 aliphatic heterocycles. The molecule has 0 bridgehead atoms. The van der Waals surface area contributed by atoms with Crippen molar-refractivity contribution in [1.82, 2.24) is 4.98 Å². The minimum atomic E-state index is -0.248. The van der Waals surface area contributed by atoms with E-state index in [1.54, 1.807) is 7.11 Å². The predicted molar refractivity (Wildman–Crippen MR) is 135 cm³/mol. The van der Waals surface area contributed by atoms with Crippen molar-refractivity contribution < 1.29 is 9.53 Å². The number of benzene rings is 2. The first-order valence-corrected chi connectivity index (χ1v) is 11.7. The maximum absolute atomic E-state index is 13.0. The van der Waals surface area contributed by atoms with E-state index < -0.39 is 0 Å². The van der Waals surface area contributed by atoms with Crippen molar-refractivity contribution in [3.05, 3.63) is 77.6 Å². The molecule has 2 aromatic carbocycles. The Morgan fingerprint density at radius 3 is 2.42 bits per heavy atom. The minimum absolute atomic E-state index is 0.00264. The second-order valence-corrected chi connectivity index (χ2v) is 9.00. The fourth-order valence-corrected chi connectivity index (χ4v) is 4.45. The van der Waals surface area contributed by atoms with Gasteiger partial charge in [-0.05, 0) is 92.3 Å². The van der Waals surface area contributed by atoms with Crippen LogP contribution in [0.15, 0.2) is 60.8 Å². The molecule has 33 heavy (non-hydrogen) atoms. The number of rotatable bonds is 6. The van der Waals surface area contributed by atoms with E-state index in [2.05, 4.69) is 46.4 Å². The molecule has 1 fully saturated rings. The summed E-state index contributed by atoms with van der Waals surface area (Å²) in [4.78, 5) is 19.7. The Bertz CT molecular complexity index is 1100. The highest BCUT2D eigenvalue weighted by atomic mass is 16.5. The van der Waals surface area contributed by atoms with Crippen molar-refractivity contribution in [2.75, 3.05) is 30.4 Å². The molecule has 172 valence electrons. The van der Waals surface area contributed by atoms with Gasteiger partial charge in [-0.3, -0.25) is 9.78 Å². The number of nitrogens with zero attached hydrogens (tertiary/aromatic N) is 2. The van der Waals surface area contributed by atoms with Gasteiger partial charge in [-0.15, -0.1) is 0 Å². The van der Waals surface area contributed by atoms with Crippen molar-refractivity contribution in [2.24, 2.45) is 0 Å². The Hall–Kier alpha value is -3.18. The summed E-state index contributed by atoms with van der Waals surface area (Å²) in [6.07, 6.45) is 4.23. The van der Waals surface area contributed by atoms with Gasteiger partial charge in [0.15, 0.2) is 0 Å². The molecular formula is C28H33N3O2. The van der Waals surface area contributed by atoms with Crippen LogP contribution in [0.3, 0.4) is 0 Å². The number of hydrogen-bond acceptors (Lipinski definition) is 4. The molecular weight excluding hydrogens is 410 g/mol. The van der Waals surface area contributed by atoms with E-state index in [1.165, 1.54) is 11.3 Å². The number of carbonyl (C=O) groups excluding carboxylic acids is 1. The number of carbonyl (C=O) groups is 1. The van der Waals surface area contributed by atoms with E-state index in [0.29, 0.717) is 6.10 Å². The van der Waals surface area contributed by atoms with Gasteiger partial charge in [0.05, 0.1) is 12.0 Å². The maximum Gasteiger partial charge on any atom is 0.231 e. The standard InChI is InChI=1S/C28H33N3O2/c1-19-15-24(18-26(16-19)31-13-10-27(33-4)11-14-31)21(3)28(32)30-25-7-5-22(6-8-25)23-9-12-29-20(2)17-23/h5-9,12,15-18,21,27H,10-11,13-14H2,1-4H3,(H,30,32). The first kappa shape index (κ1) is 23.0. The lowest BCUT2D eigenvalue weighted by Crippen LogP contribution is -2.36. The van der Waals surface area contributed by atoms with Crippen LogP contribution in [0.1, 0.15) is 42.5 Å². The average molecular weight is 444 g/mol. The Kier molecular flexibility index (Phi) is 7.09. The maximum atomic E-state index is 13.0. The van der Waals surface area contributed by atoms with Gasteiger partial charge in [-0.2, -0.15) is 0 Å². The van der Waals surface area contributed by atoms with Crippen LogP contribution in [0.5, 0.6) is 0 Å². The van der Waals surface area contributed by atoms with Crippen LogP contribution in [-0.2, 0) is 9.53 Å². The summed E-state index contributed by atoms with van der Waals surface area (Å²) in [7, 11) is 1.79. The number of nitrogens with one attached hydrogen (secondary N) is 1. The highest BCUT2D eigenvalue weighted by Crippen LogP contribution is 2.28. The Morgan fingerprint density at radius 1 is 1.03 bits per heavy atom. The average Bonchev–Trinajstić information content (AvgIpc) is 2.83. The summed E-state index contributed by atoms with van der Waals surface area (Å²) in [6.45, 7) is 8.01. The van der Waals surface area contributed by atoms with Crippen LogP contribution in [0.4, 0.5) is 11.4 Å². The van der Waals surface area contributed by atoms with E-state index >= 15 is 0 Å². The van der Waals surface area contributed by atoms with Gasteiger partial charge in [0.2, 0.25) is 5.91 Å². The number of anilines is 2. The number of ether oxygens (including phenoxy) is 1. The Morgan fingerprint density at radius 2 is 1.76 bits per heavy atom. The lowest BCUT2D eigenvalue weighted by Gasteiger charge is -2.33. The number of pyridine rings is 1. The lowest BCUT2D eigenvalue weighted by atomic mass is 9.96. The molecule has 1 saturated heterocycles. The van der Waals surface area contributed by atoms with E-state index in [0.717, 1.165) is 54.0 Å². The van der Waals surface area contributed by atoms with Crippen molar-refractivity contribution in [2.45, 2.75) is 45.6 Å². The molecule has 1 aromatic heterocycles. The third-order valence-corrected chi connectivity index (χ3v) is 6.50. The van der Waals surface area contributed by atoms with Gasteiger partial charge in [0.1, 0.15) is 0 Å². The van der Waals surface area contributed by atoms with Gasteiger partial charge in [0.25, 0.3) is 0 Å². The molecule has 0 radical (unpaired) electrons. The first-order chi connectivity index (χ1) is 15.9. The van der Waals surface area contributed by atoms with E-state index in [4.69, 9.17) is 4.74 Å². The van der Waals surface area contributed by atoms with E-state index in [9.17, 15) is 4.79 Å². The summed E-state index contributed by atoms with van der Waals surface area (Å²) in [6, 6.07) is 18.5. The lowest BCUT2D eigenvalue weighted by molar-refractivity contribution is -0.117. The van der Waals surface area contributed by atoms with Crippen molar-refractivity contribution in [3.8, 4) is 11.1 Å². The summed E-state index contributed by atoms with van der Waals surface area (Å²) >= 11 is 0. The molecule has 3 aromatic rings. The van der Waals surface area contributed by atoms with E-state index in [1.807, 2.05) is 50.4 Å². The number of aryl methyl sites for hydroxylation is 2. The molecule has 0 aliphatic carbocycles. The quantitative estimate of drug-likeness (QED) is 0.529. The molecule has 2 heterocycles. The summed E-state index contributed by atoms with van der Waals surface area (Å²) in [5.74, 6) is -0.250. The molecule has 5 heteroatoms. The SMILES string of the molecule is COC1CCN(c2cc(C)cc(C(C)C(=O)Nc3ccc(-c4ccnc(C)c4)cc3)c2)CC1. The zero-order chi connectivity index (χ0) is 23.4. The third-order valence-electron chi connectivity index (χ3n) is 6.50. The smallest absolute Gasteiger partial charge is 0.231 e. The normalized spacial score (nSPS) is 15.3. The molecule has 1 unspecified atom stereocenters. The highest BCUT2D eigenvalue weighted by Gasteiger charge is 2.21. The van der Waals surface area contributed by atoms with Gasteiger partial charge in [-0.1, -0.05) is 18.2 Å². The largest absolute Gasteiger partial charge is 0.381 e. The fraction of sp³-hybridized carbons (Fsp3) is 0.357. The Labute approximate surface area is 196 Å². The van der Waals surface area contributed by atoms with Gasteiger partial charge in [0, 0.05) is 43.5 Å². The van der Waals surface area contributed by atoms with Crippen LogP contribution < -0.4 is 10.2 Å². The molecule has 0 spiro atoms. The number of methoxy groups -OCH3 is 1. The second-order valence-electron chi connectivity index (χ2n) is 9.00. The van der Waals surface area contributed by atoms with Crippen molar-refractivity contribution in [1.29, 1.82) is 0 Å². The molecule has 0 saturated carbocycles. The topological polar surface area (TPSA) is 54.5 Å². The van der Waals surface area contributed by atoms with Crippen LogP contribution in [0.2, 0.25) is 0 Å². The van der Waals surface area contributed by atoms with Gasteiger partial charge in [-0.25, -0.2) is 0 Å². The monoisotopic (exact) mass is 443 g/mol. The van der Waals surface area contributed by atoms with Crippen molar-refractivity contribution in [3.63, 3.8) is 0 Å². The van der Waals surface area contributed by atoms with Crippen LogP contribution in [0.25, 0.3) is 11.1 Å². The zero-order valence-electron chi connectivity index (χ0n) is 20.0. The molecule has 5 nitrogen and oxygen atoms in total. The third kappa shape index (κ3) is 5.60. The zero-order valence-corrected chi connectivity index (χ0v) is 20.0. The van der Waals surface area contributed by atoms with Gasteiger partial charge >= 0.3 is 0 Å². The van der Waals surface area contributed by atoms with Gasteiger partial charge < -0.3 is 15.0 Å². The molecule has 1 atom stereocenters. The van der Waals surface area contributed by atoms with Crippen LogP contribution >= 0.6 is 0 Å². The fourth-order valence-electron chi connectivity index (χ4n) is 4.45. The van der Waals surface area contributed by atoms with Crippen molar-refractivity contribution >= 4 is 17.3 Å². The number of hydrogen-bond donors (Lipinski definition) is 1. The van der Waals surface area contributed by atoms with Crippen LogP contribution in [0, 0.1) is 13.8 Å². The van der Waals surface area contributed by atoms with E-state index in [-0.39, 0.29) is 11.8 Å². The Balaban J connectivity index is 1.44. The first-order valence-electron chi connectivity index (χ1n) is 11.7. The predicted octanol–water partition coefficient (Wildman–Crippen LogP) is 5.72.